The first-order chi connectivity index (χ1) is 12.4. The molecule has 2 heterocycles. The molecule has 4 rings (SSSR count). The third-order valence-corrected chi connectivity index (χ3v) is 7.80. The summed E-state index contributed by atoms with van der Waals surface area (Å²) < 4.78 is 28.7. The van der Waals surface area contributed by atoms with E-state index in [0.29, 0.717) is 29.8 Å². The van der Waals surface area contributed by atoms with Crippen LogP contribution in [0.25, 0.3) is 20.8 Å². The van der Waals surface area contributed by atoms with E-state index in [0.717, 1.165) is 27.2 Å². The largest absolute Gasteiger partial charge is 0.243 e. The summed E-state index contributed by atoms with van der Waals surface area (Å²) >= 11 is 1.62. The van der Waals surface area contributed by atoms with Crippen molar-refractivity contribution < 1.29 is 8.42 Å². The zero-order valence-corrected chi connectivity index (χ0v) is 16.6. The van der Waals surface area contributed by atoms with Crippen molar-refractivity contribution in [3.63, 3.8) is 0 Å². The second-order valence-corrected chi connectivity index (χ2v) is 10.2. The molecule has 2 atom stereocenters. The van der Waals surface area contributed by atoms with Crippen LogP contribution in [0.3, 0.4) is 0 Å². The lowest BCUT2D eigenvalue weighted by Crippen LogP contribution is -2.42. The summed E-state index contributed by atoms with van der Waals surface area (Å²) in [5.41, 5.74) is 1.92. The van der Waals surface area contributed by atoms with Crippen LogP contribution in [0.15, 0.2) is 53.4 Å². The number of thiazole rings is 1. The van der Waals surface area contributed by atoms with Crippen molar-refractivity contribution in [3.05, 3.63) is 48.5 Å². The molecule has 1 aromatic heterocycles. The summed E-state index contributed by atoms with van der Waals surface area (Å²) in [6.07, 6.45) is 1.09. The van der Waals surface area contributed by atoms with Gasteiger partial charge in [0.25, 0.3) is 0 Å². The zero-order chi connectivity index (χ0) is 18.3. The van der Waals surface area contributed by atoms with Gasteiger partial charge in [0, 0.05) is 18.7 Å². The number of benzene rings is 2. The van der Waals surface area contributed by atoms with Gasteiger partial charge in [-0.05, 0) is 42.5 Å². The molecule has 4 nitrogen and oxygen atoms in total. The minimum absolute atomic E-state index is 0.365. The number of piperidine rings is 1. The number of aromatic nitrogens is 1. The highest BCUT2D eigenvalue weighted by atomic mass is 32.2. The summed E-state index contributed by atoms with van der Waals surface area (Å²) in [5.74, 6) is 0.797. The molecular weight excluding hydrogens is 364 g/mol. The van der Waals surface area contributed by atoms with Gasteiger partial charge in [-0.25, -0.2) is 13.4 Å². The second-order valence-electron chi connectivity index (χ2n) is 7.28. The maximum absolute atomic E-state index is 13.0. The van der Waals surface area contributed by atoms with Crippen molar-refractivity contribution in [1.29, 1.82) is 0 Å². The standard InChI is InChI=1S/C20H22N2O2S2/c1-14-11-15(2)13-22(12-14)26(23,24)17-9-7-16(8-10-17)20-21-18-5-3-4-6-19(18)25-20/h3-10,14-15H,11-13H2,1-2H3/t14-,15+. The van der Waals surface area contributed by atoms with Crippen LogP contribution in [0.1, 0.15) is 20.3 Å². The highest BCUT2D eigenvalue weighted by Gasteiger charge is 2.31. The minimum atomic E-state index is -3.44. The number of hydrogen-bond acceptors (Lipinski definition) is 4. The van der Waals surface area contributed by atoms with Crippen molar-refractivity contribution in [1.82, 2.24) is 9.29 Å². The first-order valence-electron chi connectivity index (χ1n) is 8.89. The Balaban J connectivity index is 1.62. The van der Waals surface area contributed by atoms with Crippen molar-refractivity contribution in [2.24, 2.45) is 11.8 Å². The van der Waals surface area contributed by atoms with Crippen LogP contribution in [-0.2, 0) is 10.0 Å². The molecule has 0 aliphatic carbocycles. The highest BCUT2D eigenvalue weighted by Crippen LogP contribution is 2.32. The van der Waals surface area contributed by atoms with E-state index in [9.17, 15) is 8.42 Å². The number of para-hydroxylation sites is 1. The third-order valence-electron chi connectivity index (χ3n) is 4.87. The molecule has 0 spiro atoms. The number of nitrogens with zero attached hydrogens (tertiary/aromatic N) is 2. The molecule has 1 aliphatic rings. The van der Waals surface area contributed by atoms with Gasteiger partial charge in [-0.2, -0.15) is 4.31 Å². The lowest BCUT2D eigenvalue weighted by molar-refractivity contribution is 0.222. The molecule has 1 saturated heterocycles. The Kier molecular flexibility index (Phi) is 4.59. The van der Waals surface area contributed by atoms with Crippen LogP contribution in [0.5, 0.6) is 0 Å². The first-order valence-corrected chi connectivity index (χ1v) is 11.2. The van der Waals surface area contributed by atoms with Gasteiger partial charge < -0.3 is 0 Å². The predicted molar refractivity (Wildman–Crippen MR) is 107 cm³/mol. The Hall–Kier alpha value is -1.76. The van der Waals surface area contributed by atoms with Crippen molar-refractivity contribution in [2.45, 2.75) is 25.2 Å². The molecule has 0 saturated carbocycles. The average Bonchev–Trinajstić information content (AvgIpc) is 3.05. The van der Waals surface area contributed by atoms with Crippen LogP contribution in [-0.4, -0.2) is 30.8 Å². The van der Waals surface area contributed by atoms with E-state index < -0.39 is 10.0 Å². The van der Waals surface area contributed by atoms with E-state index in [-0.39, 0.29) is 0 Å². The Labute approximate surface area is 158 Å². The molecule has 1 aliphatic heterocycles. The van der Waals surface area contributed by atoms with Crippen molar-refractivity contribution >= 4 is 31.6 Å². The molecule has 136 valence electrons. The van der Waals surface area contributed by atoms with Gasteiger partial charge in [0.1, 0.15) is 5.01 Å². The first kappa shape index (κ1) is 17.6. The highest BCUT2D eigenvalue weighted by molar-refractivity contribution is 7.89. The molecular formula is C20H22N2O2S2. The lowest BCUT2D eigenvalue weighted by atomic mass is 9.94. The summed E-state index contributed by atoms with van der Waals surface area (Å²) in [6, 6.07) is 15.2. The second kappa shape index (κ2) is 6.76. The quantitative estimate of drug-likeness (QED) is 0.659. The van der Waals surface area contributed by atoms with Crippen LogP contribution >= 0.6 is 11.3 Å². The van der Waals surface area contributed by atoms with Gasteiger partial charge in [-0.1, -0.05) is 38.1 Å². The zero-order valence-electron chi connectivity index (χ0n) is 14.9. The summed E-state index contributed by atoms with van der Waals surface area (Å²) in [7, 11) is -3.44. The Morgan fingerprint density at radius 1 is 1.00 bits per heavy atom. The van der Waals surface area contributed by atoms with Crippen molar-refractivity contribution in [3.8, 4) is 10.6 Å². The number of sulfonamides is 1. The van der Waals surface area contributed by atoms with E-state index in [1.807, 2.05) is 36.4 Å². The molecule has 0 unspecified atom stereocenters. The summed E-state index contributed by atoms with van der Waals surface area (Å²) in [6.45, 7) is 5.45. The Morgan fingerprint density at radius 2 is 1.65 bits per heavy atom. The van der Waals surface area contributed by atoms with Gasteiger partial charge >= 0.3 is 0 Å². The number of hydrogen-bond donors (Lipinski definition) is 0. The normalized spacial score (nSPS) is 21.9. The molecule has 1 fully saturated rings. The Bertz CT molecular complexity index is 982. The number of rotatable bonds is 3. The molecule has 0 bridgehead atoms. The third kappa shape index (κ3) is 3.29. The maximum atomic E-state index is 13.0. The topological polar surface area (TPSA) is 50.3 Å². The molecule has 0 amide bonds. The minimum Gasteiger partial charge on any atom is -0.236 e. The number of fused-ring (bicyclic) bond motifs is 1. The lowest BCUT2D eigenvalue weighted by Gasteiger charge is -2.34. The van der Waals surface area contributed by atoms with Crippen LogP contribution in [0.4, 0.5) is 0 Å². The van der Waals surface area contributed by atoms with Crippen LogP contribution < -0.4 is 0 Å². The van der Waals surface area contributed by atoms with E-state index in [4.69, 9.17) is 0 Å². The SMILES string of the molecule is C[C@@H]1C[C@H](C)CN(S(=O)(=O)c2ccc(-c3nc4ccccc4s3)cc2)C1. The maximum Gasteiger partial charge on any atom is 0.243 e. The van der Waals surface area contributed by atoms with Crippen molar-refractivity contribution in [2.75, 3.05) is 13.1 Å². The monoisotopic (exact) mass is 386 g/mol. The van der Waals surface area contributed by atoms with Gasteiger partial charge in [0.2, 0.25) is 10.0 Å². The van der Waals surface area contributed by atoms with E-state index in [1.54, 1.807) is 27.8 Å². The fraction of sp³-hybridized carbons (Fsp3) is 0.350. The average molecular weight is 387 g/mol. The molecule has 0 radical (unpaired) electrons. The summed E-state index contributed by atoms with van der Waals surface area (Å²) in [5, 5.41) is 0.912. The van der Waals surface area contributed by atoms with Gasteiger partial charge in [-0.15, -0.1) is 11.3 Å². The van der Waals surface area contributed by atoms with Gasteiger partial charge in [0.05, 0.1) is 15.1 Å². The van der Waals surface area contributed by atoms with E-state index in [1.165, 1.54) is 0 Å². The van der Waals surface area contributed by atoms with Crippen LogP contribution in [0.2, 0.25) is 0 Å². The fourth-order valence-corrected chi connectivity index (χ4v) is 6.37. The van der Waals surface area contributed by atoms with Gasteiger partial charge in [-0.3, -0.25) is 0 Å². The smallest absolute Gasteiger partial charge is 0.236 e. The summed E-state index contributed by atoms with van der Waals surface area (Å²) in [4.78, 5) is 5.01. The molecule has 2 aromatic carbocycles. The fourth-order valence-electron chi connectivity index (χ4n) is 3.72. The van der Waals surface area contributed by atoms with Crippen LogP contribution in [0, 0.1) is 11.8 Å². The molecule has 0 N–H and O–H groups in total. The van der Waals surface area contributed by atoms with E-state index >= 15 is 0 Å². The predicted octanol–water partition coefficient (Wildman–Crippen LogP) is 4.63. The molecule has 26 heavy (non-hydrogen) atoms. The molecule has 3 aromatic rings. The Morgan fingerprint density at radius 3 is 2.31 bits per heavy atom. The van der Waals surface area contributed by atoms with E-state index in [2.05, 4.69) is 18.8 Å². The molecule has 6 heteroatoms. The van der Waals surface area contributed by atoms with Gasteiger partial charge in [0.15, 0.2) is 0 Å².